The Balaban J connectivity index is 2.20. The molecular formula is C15H27N3OS. The highest BCUT2D eigenvalue weighted by Gasteiger charge is 2.26. The van der Waals surface area contributed by atoms with E-state index < -0.39 is 0 Å². The third-order valence-electron chi connectivity index (χ3n) is 3.80. The molecule has 1 atom stereocenters. The lowest BCUT2D eigenvalue weighted by atomic mass is 9.98. The Labute approximate surface area is 126 Å². The predicted molar refractivity (Wildman–Crippen MR) is 85.8 cm³/mol. The molecule has 2 rings (SSSR count). The van der Waals surface area contributed by atoms with E-state index in [4.69, 9.17) is 9.72 Å². The van der Waals surface area contributed by atoms with Gasteiger partial charge in [0.25, 0.3) is 0 Å². The summed E-state index contributed by atoms with van der Waals surface area (Å²) in [5.41, 5.74) is 1.29. The quantitative estimate of drug-likeness (QED) is 0.839. The number of fused-ring (bicyclic) bond motifs is 1. The first-order chi connectivity index (χ1) is 9.67. The van der Waals surface area contributed by atoms with E-state index in [2.05, 4.69) is 31.0 Å². The number of anilines is 1. The third-order valence-corrected chi connectivity index (χ3v) is 4.97. The van der Waals surface area contributed by atoms with Crippen molar-refractivity contribution in [2.45, 2.75) is 52.1 Å². The molecule has 1 aromatic heterocycles. The number of rotatable bonds is 7. The summed E-state index contributed by atoms with van der Waals surface area (Å²) >= 11 is 1.87. The molecule has 0 spiro atoms. The first-order valence-electron chi connectivity index (χ1n) is 7.65. The number of thiazole rings is 1. The minimum Gasteiger partial charge on any atom is -0.383 e. The molecule has 5 heteroatoms. The normalized spacial score (nSPS) is 18.4. The van der Waals surface area contributed by atoms with Crippen LogP contribution in [0.5, 0.6) is 0 Å². The van der Waals surface area contributed by atoms with Crippen molar-refractivity contribution < 1.29 is 4.74 Å². The van der Waals surface area contributed by atoms with Crippen LogP contribution < -0.4 is 10.2 Å². The van der Waals surface area contributed by atoms with Crippen molar-refractivity contribution in [1.29, 1.82) is 0 Å². The van der Waals surface area contributed by atoms with E-state index in [1.54, 1.807) is 7.11 Å². The maximum atomic E-state index is 5.23. The molecule has 0 fully saturated rings. The van der Waals surface area contributed by atoms with Crippen LogP contribution in [0.1, 0.15) is 50.2 Å². The second-order valence-corrected chi connectivity index (χ2v) is 6.65. The highest BCUT2D eigenvalue weighted by molar-refractivity contribution is 7.15. The highest BCUT2D eigenvalue weighted by Crippen LogP contribution is 2.37. The van der Waals surface area contributed by atoms with Crippen molar-refractivity contribution in [3.05, 3.63) is 10.6 Å². The third kappa shape index (κ3) is 3.51. The van der Waals surface area contributed by atoms with E-state index in [0.717, 1.165) is 24.8 Å². The Bertz CT molecular complexity index is 419. The average molecular weight is 297 g/mol. The summed E-state index contributed by atoms with van der Waals surface area (Å²) in [7, 11) is 1.76. The molecule has 0 aliphatic heterocycles. The fourth-order valence-electron chi connectivity index (χ4n) is 2.74. The summed E-state index contributed by atoms with van der Waals surface area (Å²) in [5.74, 6) is 0. The van der Waals surface area contributed by atoms with Gasteiger partial charge < -0.3 is 15.0 Å². The van der Waals surface area contributed by atoms with E-state index in [1.807, 2.05) is 11.3 Å². The molecule has 1 unspecified atom stereocenters. The van der Waals surface area contributed by atoms with E-state index in [-0.39, 0.29) is 0 Å². The number of nitrogens with zero attached hydrogens (tertiary/aromatic N) is 2. The van der Waals surface area contributed by atoms with Gasteiger partial charge in [-0.1, -0.05) is 6.92 Å². The number of ether oxygens (including phenoxy) is 1. The minimum atomic E-state index is 0.449. The molecule has 1 N–H and O–H groups in total. The fourth-order valence-corrected chi connectivity index (χ4v) is 4.06. The van der Waals surface area contributed by atoms with Crippen LogP contribution in [0.3, 0.4) is 0 Å². The molecule has 0 saturated heterocycles. The highest BCUT2D eigenvalue weighted by atomic mass is 32.1. The molecule has 0 radical (unpaired) electrons. The first kappa shape index (κ1) is 15.7. The summed E-state index contributed by atoms with van der Waals surface area (Å²) in [6.45, 7) is 9.27. The average Bonchev–Trinajstić information content (AvgIpc) is 2.84. The molecule has 0 amide bonds. The maximum Gasteiger partial charge on any atom is 0.186 e. The molecule has 0 bridgehead atoms. The van der Waals surface area contributed by atoms with Crippen molar-refractivity contribution in [2.24, 2.45) is 0 Å². The van der Waals surface area contributed by atoms with Gasteiger partial charge in [0.2, 0.25) is 0 Å². The zero-order chi connectivity index (χ0) is 14.5. The molecule has 4 nitrogen and oxygen atoms in total. The SMILES string of the molecule is CCNC1CCCc2sc(N(CCOC)C(C)C)nc21. The van der Waals surface area contributed by atoms with E-state index in [1.165, 1.54) is 29.8 Å². The van der Waals surface area contributed by atoms with Gasteiger partial charge in [0.1, 0.15) is 0 Å². The van der Waals surface area contributed by atoms with Crippen LogP contribution in [0.25, 0.3) is 0 Å². The van der Waals surface area contributed by atoms with Crippen LogP contribution in [-0.4, -0.2) is 37.8 Å². The van der Waals surface area contributed by atoms with Gasteiger partial charge in [-0.3, -0.25) is 0 Å². The topological polar surface area (TPSA) is 37.4 Å². The summed E-state index contributed by atoms with van der Waals surface area (Å²) in [5, 5.41) is 4.73. The van der Waals surface area contributed by atoms with Crippen molar-refractivity contribution in [3.8, 4) is 0 Å². The monoisotopic (exact) mass is 297 g/mol. The van der Waals surface area contributed by atoms with E-state index in [9.17, 15) is 0 Å². The summed E-state index contributed by atoms with van der Waals surface area (Å²) in [6, 6.07) is 0.903. The van der Waals surface area contributed by atoms with Crippen molar-refractivity contribution in [1.82, 2.24) is 10.3 Å². The van der Waals surface area contributed by atoms with E-state index >= 15 is 0 Å². The van der Waals surface area contributed by atoms with Gasteiger partial charge in [0.15, 0.2) is 5.13 Å². The Morgan fingerprint density at radius 3 is 2.95 bits per heavy atom. The van der Waals surface area contributed by atoms with Crippen LogP contribution in [0, 0.1) is 0 Å². The predicted octanol–water partition coefficient (Wildman–Crippen LogP) is 2.99. The first-order valence-corrected chi connectivity index (χ1v) is 8.47. The van der Waals surface area contributed by atoms with Gasteiger partial charge in [0, 0.05) is 24.6 Å². The van der Waals surface area contributed by atoms with Gasteiger partial charge >= 0.3 is 0 Å². The van der Waals surface area contributed by atoms with Crippen molar-refractivity contribution in [2.75, 3.05) is 31.7 Å². The van der Waals surface area contributed by atoms with Crippen LogP contribution >= 0.6 is 11.3 Å². The molecule has 1 aliphatic rings. The molecule has 1 aromatic rings. The lowest BCUT2D eigenvalue weighted by Crippen LogP contribution is -2.33. The zero-order valence-corrected chi connectivity index (χ0v) is 13.9. The largest absolute Gasteiger partial charge is 0.383 e. The van der Waals surface area contributed by atoms with Gasteiger partial charge in [-0.15, -0.1) is 11.3 Å². The van der Waals surface area contributed by atoms with Gasteiger partial charge in [-0.2, -0.15) is 0 Å². The number of methoxy groups -OCH3 is 1. The molecule has 114 valence electrons. The second-order valence-electron chi connectivity index (χ2n) is 5.59. The van der Waals surface area contributed by atoms with Gasteiger partial charge in [0.05, 0.1) is 18.3 Å². The number of aryl methyl sites for hydroxylation is 1. The number of nitrogens with one attached hydrogen (secondary N) is 1. The molecule has 1 heterocycles. The standard InChI is InChI=1S/C15H27N3OS/c1-5-16-12-7-6-8-13-14(12)17-15(20-13)18(11(2)3)9-10-19-4/h11-12,16H,5-10H2,1-4H3. The van der Waals surface area contributed by atoms with Crippen LogP contribution in [-0.2, 0) is 11.2 Å². The maximum absolute atomic E-state index is 5.23. The zero-order valence-electron chi connectivity index (χ0n) is 13.1. The second kappa shape index (κ2) is 7.38. The van der Waals surface area contributed by atoms with E-state index in [0.29, 0.717) is 12.1 Å². The summed E-state index contributed by atoms with van der Waals surface area (Å²) < 4.78 is 5.23. The van der Waals surface area contributed by atoms with Crippen molar-refractivity contribution >= 4 is 16.5 Å². The van der Waals surface area contributed by atoms with Crippen LogP contribution in [0.15, 0.2) is 0 Å². The van der Waals surface area contributed by atoms with Crippen LogP contribution in [0.4, 0.5) is 5.13 Å². The molecular weight excluding hydrogens is 270 g/mol. The van der Waals surface area contributed by atoms with Gasteiger partial charge in [-0.25, -0.2) is 4.98 Å². The number of aromatic nitrogens is 1. The Hall–Kier alpha value is -0.650. The number of hydrogen-bond acceptors (Lipinski definition) is 5. The van der Waals surface area contributed by atoms with Crippen LogP contribution in [0.2, 0.25) is 0 Å². The number of hydrogen-bond donors (Lipinski definition) is 1. The minimum absolute atomic E-state index is 0.449. The molecule has 20 heavy (non-hydrogen) atoms. The fraction of sp³-hybridized carbons (Fsp3) is 0.800. The molecule has 1 aliphatic carbocycles. The molecule has 0 aromatic carbocycles. The lowest BCUT2D eigenvalue weighted by Gasteiger charge is -2.25. The molecule has 0 saturated carbocycles. The Morgan fingerprint density at radius 1 is 1.50 bits per heavy atom. The van der Waals surface area contributed by atoms with Crippen molar-refractivity contribution in [3.63, 3.8) is 0 Å². The summed E-state index contributed by atoms with van der Waals surface area (Å²) in [6.07, 6.45) is 3.67. The Morgan fingerprint density at radius 2 is 2.30 bits per heavy atom. The smallest absolute Gasteiger partial charge is 0.186 e. The Kier molecular flexibility index (Phi) is 5.81. The van der Waals surface area contributed by atoms with Gasteiger partial charge in [-0.05, 0) is 39.7 Å². The summed E-state index contributed by atoms with van der Waals surface area (Å²) in [4.78, 5) is 8.78. The lowest BCUT2D eigenvalue weighted by molar-refractivity contribution is 0.204.